The summed E-state index contributed by atoms with van der Waals surface area (Å²) in [6, 6.07) is 34.2. The Morgan fingerprint density at radius 2 is 1.33 bits per heavy atom. The van der Waals surface area contributed by atoms with Crippen LogP contribution in [-0.4, -0.2) is 39.0 Å². The second-order valence-electron chi connectivity index (χ2n) is 8.63. The number of aliphatic hydroxyl groups is 1. The van der Waals surface area contributed by atoms with Crippen LogP contribution < -0.4 is 0 Å². The molecule has 0 amide bonds. The summed E-state index contributed by atoms with van der Waals surface area (Å²) in [6.07, 6.45) is 4.10. The molecule has 1 fully saturated rings. The number of aryl methyl sites for hydroxylation is 1. The van der Waals surface area contributed by atoms with E-state index in [1.54, 1.807) is 6.20 Å². The molecule has 1 atom stereocenters. The van der Waals surface area contributed by atoms with E-state index in [-0.39, 0.29) is 0 Å². The molecular formula is C29H29N3O. The molecule has 1 N–H and O–H groups in total. The van der Waals surface area contributed by atoms with Crippen molar-refractivity contribution in [1.29, 1.82) is 0 Å². The first-order chi connectivity index (χ1) is 16.2. The summed E-state index contributed by atoms with van der Waals surface area (Å²) < 4.78 is 1.84. The van der Waals surface area contributed by atoms with Crippen molar-refractivity contribution >= 4 is 6.08 Å². The molecule has 166 valence electrons. The van der Waals surface area contributed by atoms with Crippen LogP contribution >= 0.6 is 0 Å². The first kappa shape index (κ1) is 21.4. The van der Waals surface area contributed by atoms with Crippen molar-refractivity contribution in [3.63, 3.8) is 0 Å². The Morgan fingerprint density at radius 3 is 1.79 bits per heavy atom. The molecule has 0 aliphatic carbocycles. The van der Waals surface area contributed by atoms with E-state index in [2.05, 4.69) is 107 Å². The van der Waals surface area contributed by atoms with Crippen molar-refractivity contribution in [1.82, 2.24) is 14.7 Å². The van der Waals surface area contributed by atoms with Crippen molar-refractivity contribution < 1.29 is 5.11 Å². The molecular weight excluding hydrogens is 406 g/mol. The number of aliphatic hydroxyl groups excluding tert-OH is 1. The molecule has 3 aromatic carbocycles. The molecule has 33 heavy (non-hydrogen) atoms. The molecule has 2 heterocycles. The number of hydrogen-bond donors (Lipinski definition) is 1. The fourth-order valence-corrected chi connectivity index (χ4v) is 5.10. The Morgan fingerprint density at radius 1 is 0.818 bits per heavy atom. The maximum atomic E-state index is 10.9. The second-order valence-corrected chi connectivity index (χ2v) is 8.63. The minimum Gasteiger partial charge on any atom is -0.389 e. The first-order valence-electron chi connectivity index (χ1n) is 11.5. The smallest absolute Gasteiger partial charge is 0.0975 e. The molecule has 0 spiro atoms. The van der Waals surface area contributed by atoms with Crippen LogP contribution in [0.2, 0.25) is 0 Å². The number of aromatic nitrogens is 2. The van der Waals surface area contributed by atoms with Gasteiger partial charge >= 0.3 is 0 Å². The Balaban J connectivity index is 1.71. The number of hydrogen-bond acceptors (Lipinski definition) is 3. The van der Waals surface area contributed by atoms with Gasteiger partial charge in [0.05, 0.1) is 17.3 Å². The van der Waals surface area contributed by atoms with Gasteiger partial charge in [-0.1, -0.05) is 91.0 Å². The lowest BCUT2D eigenvalue weighted by atomic mass is 9.74. The molecule has 4 aromatic rings. The average molecular weight is 436 g/mol. The van der Waals surface area contributed by atoms with Crippen LogP contribution in [0.3, 0.4) is 0 Å². The maximum Gasteiger partial charge on any atom is 0.0975 e. The van der Waals surface area contributed by atoms with E-state index in [0.717, 1.165) is 17.8 Å². The van der Waals surface area contributed by atoms with Crippen LogP contribution in [0.25, 0.3) is 6.08 Å². The highest BCUT2D eigenvalue weighted by atomic mass is 16.3. The summed E-state index contributed by atoms with van der Waals surface area (Å²) in [5.41, 5.74) is 5.19. The van der Waals surface area contributed by atoms with E-state index in [1.165, 1.54) is 16.7 Å². The maximum absolute atomic E-state index is 10.9. The summed E-state index contributed by atoms with van der Waals surface area (Å²) in [5, 5.41) is 15.2. The van der Waals surface area contributed by atoms with Crippen molar-refractivity contribution in [3.05, 3.63) is 131 Å². The summed E-state index contributed by atoms with van der Waals surface area (Å²) in [7, 11) is 1.93. The van der Waals surface area contributed by atoms with Gasteiger partial charge in [-0.25, -0.2) is 0 Å². The van der Waals surface area contributed by atoms with E-state index in [0.29, 0.717) is 13.0 Å². The standard InChI is InChI=1S/C29H29N3O/c1-31-27(17-19-30-31)21-23-22-32(20-18-28(23)33)29(24-11-5-2-6-12-24,25-13-7-3-8-14-25)26-15-9-4-10-16-26/h2-17,19,21,28,33H,18,20,22H2,1H3/b23-21+. The van der Waals surface area contributed by atoms with Gasteiger partial charge in [-0.2, -0.15) is 5.10 Å². The minimum atomic E-state index is -0.477. The summed E-state index contributed by atoms with van der Waals surface area (Å²) in [6.45, 7) is 1.44. The predicted molar refractivity (Wildman–Crippen MR) is 133 cm³/mol. The molecule has 1 aliphatic rings. The highest BCUT2D eigenvalue weighted by Gasteiger charge is 2.44. The van der Waals surface area contributed by atoms with E-state index in [9.17, 15) is 5.11 Å². The number of rotatable bonds is 5. The number of nitrogens with zero attached hydrogens (tertiary/aromatic N) is 3. The quantitative estimate of drug-likeness (QED) is 0.455. The van der Waals surface area contributed by atoms with Gasteiger partial charge in [0, 0.05) is 26.3 Å². The largest absolute Gasteiger partial charge is 0.389 e. The fraction of sp³-hybridized carbons (Fsp3) is 0.207. The van der Waals surface area contributed by atoms with Crippen molar-refractivity contribution in [2.45, 2.75) is 18.1 Å². The monoisotopic (exact) mass is 435 g/mol. The van der Waals surface area contributed by atoms with Gasteiger partial charge in [0.25, 0.3) is 0 Å². The van der Waals surface area contributed by atoms with Gasteiger partial charge in [0.15, 0.2) is 0 Å². The molecule has 0 saturated carbocycles. The SMILES string of the molecule is Cn1nccc1/C=C1\CN(C(c2ccccc2)(c2ccccc2)c2ccccc2)CCC1O. The molecule has 4 nitrogen and oxygen atoms in total. The van der Waals surface area contributed by atoms with Crippen LogP contribution in [0.1, 0.15) is 28.8 Å². The molecule has 0 bridgehead atoms. The lowest BCUT2D eigenvalue weighted by Crippen LogP contribution is -2.52. The molecule has 4 heteroatoms. The van der Waals surface area contributed by atoms with Gasteiger partial charge in [-0.05, 0) is 40.8 Å². The van der Waals surface area contributed by atoms with Gasteiger partial charge in [0.1, 0.15) is 0 Å². The number of likely N-dealkylation sites (tertiary alicyclic amines) is 1. The Hall–Kier alpha value is -3.47. The third-order valence-electron chi connectivity index (χ3n) is 6.72. The first-order valence-corrected chi connectivity index (χ1v) is 11.5. The van der Waals surface area contributed by atoms with Gasteiger partial charge in [0.2, 0.25) is 0 Å². The Labute approximate surface area is 195 Å². The normalized spacial score (nSPS) is 18.5. The topological polar surface area (TPSA) is 41.3 Å². The zero-order valence-corrected chi connectivity index (χ0v) is 18.9. The van der Waals surface area contributed by atoms with Crippen LogP contribution in [0.15, 0.2) is 109 Å². The number of benzene rings is 3. The third-order valence-corrected chi connectivity index (χ3v) is 6.72. The molecule has 1 saturated heterocycles. The summed E-state index contributed by atoms with van der Waals surface area (Å²) >= 11 is 0. The van der Waals surface area contributed by atoms with Crippen LogP contribution in [0, 0.1) is 0 Å². The van der Waals surface area contributed by atoms with Gasteiger partial charge in [-0.15, -0.1) is 0 Å². The van der Waals surface area contributed by atoms with Gasteiger partial charge in [-0.3, -0.25) is 9.58 Å². The zero-order chi connectivity index (χ0) is 22.7. The van der Waals surface area contributed by atoms with E-state index >= 15 is 0 Å². The van der Waals surface area contributed by atoms with E-state index in [1.807, 2.05) is 17.8 Å². The molecule has 1 aliphatic heterocycles. The predicted octanol–water partition coefficient (Wildman–Crippen LogP) is 4.86. The lowest BCUT2D eigenvalue weighted by Gasteiger charge is -2.48. The van der Waals surface area contributed by atoms with Crippen molar-refractivity contribution in [2.75, 3.05) is 13.1 Å². The Bertz CT molecular complexity index is 1120. The zero-order valence-electron chi connectivity index (χ0n) is 18.9. The summed E-state index contributed by atoms with van der Waals surface area (Å²) in [4.78, 5) is 2.52. The molecule has 0 radical (unpaired) electrons. The highest BCUT2D eigenvalue weighted by molar-refractivity contribution is 5.54. The summed E-state index contributed by atoms with van der Waals surface area (Å²) in [5.74, 6) is 0. The van der Waals surface area contributed by atoms with E-state index < -0.39 is 11.6 Å². The number of piperidine rings is 1. The van der Waals surface area contributed by atoms with Crippen LogP contribution in [0.4, 0.5) is 0 Å². The molecule has 1 aromatic heterocycles. The van der Waals surface area contributed by atoms with Crippen molar-refractivity contribution in [2.24, 2.45) is 7.05 Å². The lowest BCUT2D eigenvalue weighted by molar-refractivity contribution is 0.0871. The molecule has 1 unspecified atom stereocenters. The Kier molecular flexibility index (Phi) is 5.95. The van der Waals surface area contributed by atoms with Crippen LogP contribution in [0.5, 0.6) is 0 Å². The van der Waals surface area contributed by atoms with E-state index in [4.69, 9.17) is 0 Å². The average Bonchev–Trinajstić information content (AvgIpc) is 3.28. The van der Waals surface area contributed by atoms with Crippen molar-refractivity contribution in [3.8, 4) is 0 Å². The fourth-order valence-electron chi connectivity index (χ4n) is 5.10. The third kappa shape index (κ3) is 3.92. The minimum absolute atomic E-state index is 0.462. The van der Waals surface area contributed by atoms with Crippen LogP contribution in [-0.2, 0) is 12.6 Å². The second kappa shape index (κ2) is 9.18. The van der Waals surface area contributed by atoms with Gasteiger partial charge < -0.3 is 5.11 Å². The molecule has 5 rings (SSSR count). The highest BCUT2D eigenvalue weighted by Crippen LogP contribution is 2.44.